The molecule has 4 N–H and O–H groups in total. The molecule has 1 saturated carbocycles. The second-order valence-electron chi connectivity index (χ2n) is 10.3. The van der Waals surface area contributed by atoms with E-state index in [2.05, 4.69) is 20.3 Å². The van der Waals surface area contributed by atoms with E-state index < -0.39 is 41.9 Å². The minimum Gasteiger partial charge on any atom is -0.471 e. The standard InChI is InChI=1S/C25H30F3N5O5/c1-13-18(34)19(35)22(38-13)33-20-17(32-23(33)31-16-7-9-24(2,36)10-8-16)21(30-12-29-20)37-11-14-3-5-15(6-4-14)25(26,27)28/h3-6,12-13,16,18-19,22,34-36H,7-11H2,1-2H3,(H,31,32)/t13-,16-,18-,19-,22-,24+/m1/s1. The summed E-state index contributed by atoms with van der Waals surface area (Å²) in [5, 5.41) is 34.7. The van der Waals surface area contributed by atoms with Crippen molar-refractivity contribution in [3.8, 4) is 5.88 Å². The van der Waals surface area contributed by atoms with Crippen LogP contribution in [0.25, 0.3) is 11.2 Å². The maximum Gasteiger partial charge on any atom is 0.416 e. The lowest BCUT2D eigenvalue weighted by atomic mass is 9.84. The average molecular weight is 538 g/mol. The van der Waals surface area contributed by atoms with Crippen LogP contribution in [0.5, 0.6) is 5.88 Å². The summed E-state index contributed by atoms with van der Waals surface area (Å²) in [6.45, 7) is 3.40. The number of ether oxygens (including phenoxy) is 2. The highest BCUT2D eigenvalue weighted by atomic mass is 19.4. The van der Waals surface area contributed by atoms with Crippen molar-refractivity contribution >= 4 is 17.1 Å². The number of aromatic nitrogens is 4. The van der Waals surface area contributed by atoms with E-state index in [-0.39, 0.29) is 29.7 Å². The van der Waals surface area contributed by atoms with Gasteiger partial charge < -0.3 is 30.1 Å². The van der Waals surface area contributed by atoms with Gasteiger partial charge in [-0.05, 0) is 57.2 Å². The Morgan fingerprint density at radius 1 is 1.13 bits per heavy atom. The lowest BCUT2D eigenvalue weighted by Gasteiger charge is -2.34. The Morgan fingerprint density at radius 3 is 2.42 bits per heavy atom. The maximum absolute atomic E-state index is 12.9. The monoisotopic (exact) mass is 537 g/mol. The number of nitrogens with zero attached hydrogens (tertiary/aromatic N) is 4. The summed E-state index contributed by atoms with van der Waals surface area (Å²) >= 11 is 0. The zero-order valence-electron chi connectivity index (χ0n) is 20.9. The van der Waals surface area contributed by atoms with Crippen molar-refractivity contribution in [1.29, 1.82) is 0 Å². The highest BCUT2D eigenvalue weighted by Gasteiger charge is 2.43. The number of benzene rings is 1. The topological polar surface area (TPSA) is 135 Å². The Kier molecular flexibility index (Phi) is 6.97. The summed E-state index contributed by atoms with van der Waals surface area (Å²) in [6.07, 6.45) is -4.59. The molecule has 1 saturated heterocycles. The van der Waals surface area contributed by atoms with Gasteiger partial charge in [-0.25, -0.2) is 9.97 Å². The number of aliphatic hydroxyl groups excluding tert-OH is 2. The van der Waals surface area contributed by atoms with Crippen LogP contribution in [0.1, 0.15) is 56.9 Å². The van der Waals surface area contributed by atoms with Gasteiger partial charge in [0.1, 0.15) is 25.1 Å². The summed E-state index contributed by atoms with van der Waals surface area (Å²) in [6, 6.07) is 4.61. The van der Waals surface area contributed by atoms with Crippen molar-refractivity contribution in [2.24, 2.45) is 0 Å². The SMILES string of the molecule is C[C@H]1O[C@@H](n2c(N[C@H]3CC[C@@](C)(O)CC3)nc3c(OCc4ccc(C(F)(F)F)cc4)ncnc32)[C@H](O)[C@@H]1O. The number of hydrogen-bond donors (Lipinski definition) is 4. The molecule has 0 radical (unpaired) electrons. The number of alkyl halides is 3. The van der Waals surface area contributed by atoms with Crippen LogP contribution < -0.4 is 10.1 Å². The van der Waals surface area contributed by atoms with Gasteiger partial charge in [0.25, 0.3) is 0 Å². The molecule has 3 heterocycles. The summed E-state index contributed by atoms with van der Waals surface area (Å²) in [7, 11) is 0. The summed E-state index contributed by atoms with van der Waals surface area (Å²) in [5.74, 6) is 0.432. The molecule has 0 spiro atoms. The third-order valence-electron chi connectivity index (χ3n) is 7.23. The number of fused-ring (bicyclic) bond motifs is 1. The second-order valence-corrected chi connectivity index (χ2v) is 10.3. The fourth-order valence-corrected chi connectivity index (χ4v) is 4.89. The van der Waals surface area contributed by atoms with Crippen molar-refractivity contribution in [2.45, 2.75) is 88.5 Å². The highest BCUT2D eigenvalue weighted by Crippen LogP contribution is 2.37. The lowest BCUT2D eigenvalue weighted by Crippen LogP contribution is -2.37. The fourth-order valence-electron chi connectivity index (χ4n) is 4.89. The molecule has 2 fully saturated rings. The number of rotatable bonds is 6. The molecule has 0 bridgehead atoms. The van der Waals surface area contributed by atoms with E-state index >= 15 is 0 Å². The van der Waals surface area contributed by atoms with Gasteiger partial charge in [0.05, 0.1) is 17.3 Å². The normalized spacial score (nSPS) is 30.1. The van der Waals surface area contributed by atoms with Crippen molar-refractivity contribution in [1.82, 2.24) is 19.5 Å². The predicted molar refractivity (Wildman–Crippen MR) is 129 cm³/mol. The fraction of sp³-hybridized carbons (Fsp3) is 0.560. The third kappa shape index (κ3) is 5.28. The zero-order valence-corrected chi connectivity index (χ0v) is 20.9. The highest BCUT2D eigenvalue weighted by molar-refractivity contribution is 5.79. The van der Waals surface area contributed by atoms with Crippen LogP contribution in [0.4, 0.5) is 19.1 Å². The van der Waals surface area contributed by atoms with E-state index in [9.17, 15) is 28.5 Å². The molecular weight excluding hydrogens is 507 g/mol. The summed E-state index contributed by atoms with van der Waals surface area (Å²) in [4.78, 5) is 13.2. The number of aliphatic hydroxyl groups is 3. The van der Waals surface area contributed by atoms with Crippen LogP contribution in [0, 0.1) is 0 Å². The summed E-state index contributed by atoms with van der Waals surface area (Å²) < 4.78 is 51.9. The minimum absolute atomic E-state index is 0.0174. The van der Waals surface area contributed by atoms with Crippen LogP contribution in [0.15, 0.2) is 30.6 Å². The number of nitrogens with one attached hydrogen (secondary N) is 1. The van der Waals surface area contributed by atoms with E-state index in [1.165, 1.54) is 18.5 Å². The molecule has 2 aliphatic rings. The molecule has 1 aliphatic carbocycles. The van der Waals surface area contributed by atoms with Crippen LogP contribution in [0.3, 0.4) is 0 Å². The predicted octanol–water partition coefficient (Wildman–Crippen LogP) is 3.17. The van der Waals surface area contributed by atoms with Crippen molar-refractivity contribution < 1.29 is 38.0 Å². The minimum atomic E-state index is -4.43. The van der Waals surface area contributed by atoms with Gasteiger partial charge >= 0.3 is 6.18 Å². The molecule has 4 atom stereocenters. The van der Waals surface area contributed by atoms with Gasteiger partial charge in [0.15, 0.2) is 17.4 Å². The van der Waals surface area contributed by atoms with E-state index in [0.29, 0.717) is 37.2 Å². The molecule has 13 heteroatoms. The smallest absolute Gasteiger partial charge is 0.416 e. The Balaban J connectivity index is 1.45. The number of anilines is 1. The number of imidazole rings is 1. The quantitative estimate of drug-likeness (QED) is 0.374. The Labute approximate surface area is 216 Å². The molecular formula is C25H30F3N5O5. The maximum atomic E-state index is 12.9. The third-order valence-corrected chi connectivity index (χ3v) is 7.23. The first-order valence-electron chi connectivity index (χ1n) is 12.5. The Morgan fingerprint density at radius 2 is 1.82 bits per heavy atom. The van der Waals surface area contributed by atoms with E-state index in [1.807, 2.05) is 0 Å². The molecule has 0 amide bonds. The van der Waals surface area contributed by atoms with E-state index in [0.717, 1.165) is 12.1 Å². The average Bonchev–Trinajstić information content (AvgIpc) is 3.35. The van der Waals surface area contributed by atoms with Gasteiger partial charge in [-0.15, -0.1) is 0 Å². The van der Waals surface area contributed by atoms with E-state index in [1.54, 1.807) is 18.4 Å². The van der Waals surface area contributed by atoms with Gasteiger partial charge in [0, 0.05) is 6.04 Å². The van der Waals surface area contributed by atoms with Crippen molar-refractivity contribution in [2.75, 3.05) is 5.32 Å². The lowest BCUT2D eigenvalue weighted by molar-refractivity contribution is -0.137. The molecule has 5 rings (SSSR count). The first-order chi connectivity index (χ1) is 17.9. The number of halogens is 3. The van der Waals surface area contributed by atoms with Gasteiger partial charge in [-0.3, -0.25) is 4.57 Å². The van der Waals surface area contributed by atoms with Gasteiger partial charge in [-0.1, -0.05) is 12.1 Å². The largest absolute Gasteiger partial charge is 0.471 e. The van der Waals surface area contributed by atoms with Gasteiger partial charge in [0.2, 0.25) is 11.8 Å². The van der Waals surface area contributed by atoms with Crippen molar-refractivity contribution in [3.63, 3.8) is 0 Å². The van der Waals surface area contributed by atoms with E-state index in [4.69, 9.17) is 9.47 Å². The summed E-state index contributed by atoms with van der Waals surface area (Å²) in [5.41, 5.74) is -0.431. The molecule has 1 aliphatic heterocycles. The first kappa shape index (κ1) is 26.6. The zero-order chi connectivity index (χ0) is 27.2. The van der Waals surface area contributed by atoms with Crippen molar-refractivity contribution in [3.05, 3.63) is 41.7 Å². The molecule has 0 unspecified atom stereocenters. The van der Waals surface area contributed by atoms with Crippen LogP contribution in [-0.2, 0) is 17.5 Å². The molecule has 10 nitrogen and oxygen atoms in total. The second kappa shape index (κ2) is 9.95. The number of hydrogen-bond acceptors (Lipinski definition) is 9. The Bertz CT molecular complexity index is 1270. The van der Waals surface area contributed by atoms with Crippen LogP contribution in [-0.4, -0.2) is 64.8 Å². The molecule has 2 aromatic heterocycles. The molecule has 1 aromatic carbocycles. The Hall–Kier alpha value is -3.00. The molecule has 3 aromatic rings. The van der Waals surface area contributed by atoms with Gasteiger partial charge in [-0.2, -0.15) is 18.2 Å². The molecule has 206 valence electrons. The van der Waals surface area contributed by atoms with Crippen LogP contribution in [0.2, 0.25) is 0 Å². The first-order valence-corrected chi connectivity index (χ1v) is 12.5. The molecule has 38 heavy (non-hydrogen) atoms. The van der Waals surface area contributed by atoms with Crippen LogP contribution >= 0.6 is 0 Å².